The molecule has 2 rings (SSSR count). The fourth-order valence-electron chi connectivity index (χ4n) is 4.41. The largest absolute Gasteiger partial charge is 0.458 e. The molecule has 180 valence electrons. The molecule has 2 aliphatic heterocycles. The van der Waals surface area contributed by atoms with Crippen molar-refractivity contribution in [3.8, 4) is 0 Å². The Morgan fingerprint density at radius 1 is 0.938 bits per heavy atom. The average Bonchev–Trinajstić information content (AvgIpc) is 3.18. The van der Waals surface area contributed by atoms with Crippen LogP contribution in [0.1, 0.15) is 97.8 Å². The number of carbonyl (C=O) groups excluding carboxylic acids is 3. The molecule has 2 heterocycles. The number of esters is 3. The molecule has 6 heteroatoms. The molecule has 2 aliphatic rings. The van der Waals surface area contributed by atoms with E-state index in [9.17, 15) is 14.4 Å². The predicted molar refractivity (Wildman–Crippen MR) is 123 cm³/mol. The van der Waals surface area contributed by atoms with E-state index in [-0.39, 0.29) is 36.0 Å². The number of ether oxygens (including phenoxy) is 3. The molecule has 0 radical (unpaired) electrons. The van der Waals surface area contributed by atoms with Crippen LogP contribution in [-0.2, 0) is 28.6 Å². The molecule has 0 unspecified atom stereocenters. The summed E-state index contributed by atoms with van der Waals surface area (Å²) in [6.07, 6.45) is 18.3. The van der Waals surface area contributed by atoms with Gasteiger partial charge in [-0.25, -0.2) is 4.79 Å². The number of rotatable bonds is 15. The lowest BCUT2D eigenvalue weighted by Gasteiger charge is -2.18. The smallest absolute Gasteiger partial charge is 0.334 e. The summed E-state index contributed by atoms with van der Waals surface area (Å²) in [6.45, 7) is 5.05. The van der Waals surface area contributed by atoms with Gasteiger partial charge in [0.25, 0.3) is 0 Å². The van der Waals surface area contributed by atoms with Gasteiger partial charge in [-0.05, 0) is 64.9 Å². The minimum absolute atomic E-state index is 0.0581. The highest BCUT2D eigenvalue weighted by atomic mass is 16.6. The molecule has 0 spiro atoms. The number of cyclic esters (lactones) is 2. The van der Waals surface area contributed by atoms with Gasteiger partial charge in [-0.2, -0.15) is 0 Å². The van der Waals surface area contributed by atoms with E-state index >= 15 is 0 Å². The topological polar surface area (TPSA) is 78.9 Å². The van der Waals surface area contributed by atoms with Gasteiger partial charge in [0.2, 0.25) is 0 Å². The molecule has 0 aromatic rings. The summed E-state index contributed by atoms with van der Waals surface area (Å²) in [5, 5.41) is 0. The Bertz CT molecular complexity index is 680. The highest BCUT2D eigenvalue weighted by Gasteiger charge is 2.44. The fourth-order valence-corrected chi connectivity index (χ4v) is 4.41. The van der Waals surface area contributed by atoms with Crippen molar-refractivity contribution in [3.05, 3.63) is 23.8 Å². The number of hydrogen-bond acceptors (Lipinski definition) is 6. The fraction of sp³-hybridized carbons (Fsp3) is 0.731. The highest BCUT2D eigenvalue weighted by molar-refractivity contribution is 5.90. The lowest BCUT2D eigenvalue weighted by molar-refractivity contribution is -0.150. The Kier molecular flexibility index (Phi) is 11.5. The van der Waals surface area contributed by atoms with Crippen LogP contribution in [0.2, 0.25) is 0 Å². The van der Waals surface area contributed by atoms with Crippen molar-refractivity contribution in [1.82, 2.24) is 0 Å². The summed E-state index contributed by atoms with van der Waals surface area (Å²) in [7, 11) is 0. The molecule has 1 saturated heterocycles. The maximum absolute atomic E-state index is 12.0. The average molecular weight is 449 g/mol. The predicted octanol–water partition coefficient (Wildman–Crippen LogP) is 5.59. The molecule has 0 saturated carbocycles. The van der Waals surface area contributed by atoms with Gasteiger partial charge in [-0.1, -0.05) is 44.3 Å². The van der Waals surface area contributed by atoms with Gasteiger partial charge in [-0.3, -0.25) is 9.59 Å². The van der Waals surface area contributed by atoms with Crippen LogP contribution in [0, 0.1) is 5.92 Å². The van der Waals surface area contributed by atoms with E-state index in [1.165, 1.54) is 19.8 Å². The molecule has 0 aliphatic carbocycles. The second-order valence-corrected chi connectivity index (χ2v) is 9.04. The Morgan fingerprint density at radius 2 is 1.56 bits per heavy atom. The minimum Gasteiger partial charge on any atom is -0.458 e. The Balaban J connectivity index is 1.42. The number of unbranched alkanes of at least 4 members (excludes halogenated alkanes) is 8. The first-order chi connectivity index (χ1) is 15.4. The van der Waals surface area contributed by atoms with Crippen LogP contribution in [0.15, 0.2) is 23.8 Å². The zero-order chi connectivity index (χ0) is 23.3. The molecular formula is C26H40O6. The first-order valence-corrected chi connectivity index (χ1v) is 12.3. The van der Waals surface area contributed by atoms with Crippen LogP contribution in [0.5, 0.6) is 0 Å². The standard InChI is InChI=1S/C26H40O6/c1-19-18-22(25(28)30-19)16-14-12-10-8-6-4-5-7-9-11-13-15-17-23-24(32-21(3)27)20(2)31-26(23)29/h4-5,18-20,23-24H,6-17H2,1-3H3/b5-4-/t19-,20-,23+,24+/m0/s1. The molecule has 6 nitrogen and oxygen atoms in total. The maximum atomic E-state index is 12.0. The third kappa shape index (κ3) is 9.17. The van der Waals surface area contributed by atoms with Gasteiger partial charge in [0.1, 0.15) is 12.2 Å². The summed E-state index contributed by atoms with van der Waals surface area (Å²) < 4.78 is 15.6. The van der Waals surface area contributed by atoms with Crippen molar-refractivity contribution in [3.63, 3.8) is 0 Å². The van der Waals surface area contributed by atoms with Gasteiger partial charge >= 0.3 is 17.9 Å². The third-order valence-electron chi connectivity index (χ3n) is 6.13. The lowest BCUT2D eigenvalue weighted by atomic mass is 9.94. The van der Waals surface area contributed by atoms with Gasteiger partial charge < -0.3 is 14.2 Å². The van der Waals surface area contributed by atoms with Crippen LogP contribution in [-0.4, -0.2) is 36.2 Å². The first kappa shape index (κ1) is 26.1. The van der Waals surface area contributed by atoms with Crippen molar-refractivity contribution >= 4 is 17.9 Å². The second kappa shape index (κ2) is 14.1. The quantitative estimate of drug-likeness (QED) is 0.141. The van der Waals surface area contributed by atoms with Crippen molar-refractivity contribution in [2.75, 3.05) is 0 Å². The van der Waals surface area contributed by atoms with Gasteiger partial charge in [-0.15, -0.1) is 0 Å². The number of carbonyl (C=O) groups is 3. The third-order valence-corrected chi connectivity index (χ3v) is 6.13. The molecule has 0 bridgehead atoms. The number of allylic oxidation sites excluding steroid dienone is 2. The Hall–Kier alpha value is -2.11. The van der Waals surface area contributed by atoms with Crippen molar-refractivity contribution in [2.24, 2.45) is 5.92 Å². The van der Waals surface area contributed by atoms with E-state index in [4.69, 9.17) is 14.2 Å². The summed E-state index contributed by atoms with van der Waals surface area (Å²) >= 11 is 0. The SMILES string of the molecule is CC(=O)O[C@@H]1[C@H](C)OC(=O)[C@@H]1CCCCCC/C=C\CCCCCCC1=C[C@H](C)OC1=O. The second-order valence-electron chi connectivity index (χ2n) is 9.04. The first-order valence-electron chi connectivity index (χ1n) is 12.3. The molecule has 32 heavy (non-hydrogen) atoms. The molecule has 0 aromatic heterocycles. The monoisotopic (exact) mass is 448 g/mol. The highest BCUT2D eigenvalue weighted by Crippen LogP contribution is 2.29. The molecule has 0 amide bonds. The van der Waals surface area contributed by atoms with Crippen LogP contribution >= 0.6 is 0 Å². The molecular weight excluding hydrogens is 408 g/mol. The molecule has 0 N–H and O–H groups in total. The zero-order valence-corrected chi connectivity index (χ0v) is 20.0. The summed E-state index contributed by atoms with van der Waals surface area (Å²) in [4.78, 5) is 34.7. The van der Waals surface area contributed by atoms with E-state index in [0.29, 0.717) is 6.42 Å². The van der Waals surface area contributed by atoms with Crippen LogP contribution < -0.4 is 0 Å². The maximum Gasteiger partial charge on any atom is 0.334 e. The molecule has 0 aromatic carbocycles. The Labute approximate surface area is 192 Å². The summed E-state index contributed by atoms with van der Waals surface area (Å²) in [5.41, 5.74) is 0.847. The van der Waals surface area contributed by atoms with Crippen molar-refractivity contribution in [1.29, 1.82) is 0 Å². The van der Waals surface area contributed by atoms with Crippen LogP contribution in [0.25, 0.3) is 0 Å². The van der Waals surface area contributed by atoms with Crippen molar-refractivity contribution in [2.45, 2.75) is 116 Å². The number of hydrogen-bond donors (Lipinski definition) is 0. The molecule has 4 atom stereocenters. The summed E-state index contributed by atoms with van der Waals surface area (Å²) in [5.74, 6) is -1.05. The Morgan fingerprint density at radius 3 is 2.16 bits per heavy atom. The van der Waals surface area contributed by atoms with Gasteiger partial charge in [0.15, 0.2) is 6.10 Å². The van der Waals surface area contributed by atoms with E-state index in [2.05, 4.69) is 12.2 Å². The normalized spacial score (nSPS) is 25.2. The van der Waals surface area contributed by atoms with Gasteiger partial charge in [0, 0.05) is 12.5 Å². The van der Waals surface area contributed by atoms with E-state index < -0.39 is 6.10 Å². The van der Waals surface area contributed by atoms with Crippen molar-refractivity contribution < 1.29 is 28.6 Å². The van der Waals surface area contributed by atoms with E-state index in [1.54, 1.807) is 6.92 Å². The zero-order valence-electron chi connectivity index (χ0n) is 20.0. The van der Waals surface area contributed by atoms with Crippen LogP contribution in [0.4, 0.5) is 0 Å². The van der Waals surface area contributed by atoms with Crippen LogP contribution in [0.3, 0.4) is 0 Å². The van der Waals surface area contributed by atoms with E-state index in [0.717, 1.165) is 63.4 Å². The lowest BCUT2D eigenvalue weighted by Crippen LogP contribution is -2.30. The van der Waals surface area contributed by atoms with E-state index in [1.807, 2.05) is 13.0 Å². The van der Waals surface area contributed by atoms with Gasteiger partial charge in [0.05, 0.1) is 5.92 Å². The summed E-state index contributed by atoms with van der Waals surface area (Å²) in [6, 6.07) is 0. The minimum atomic E-state index is -0.442. The molecule has 1 fully saturated rings.